The molecule has 1 N–H and O–H groups in total. The molecule has 25 heavy (non-hydrogen) atoms. The predicted octanol–water partition coefficient (Wildman–Crippen LogP) is 2.14. The summed E-state index contributed by atoms with van der Waals surface area (Å²) in [4.78, 5) is 31.9. The van der Waals surface area contributed by atoms with Crippen LogP contribution in [-0.2, 0) is 0 Å². The maximum absolute atomic E-state index is 12.0. The number of hydrogen-bond donors (Lipinski definition) is 1. The lowest BCUT2D eigenvalue weighted by atomic mass is 10.1. The molecule has 0 aliphatic carbocycles. The van der Waals surface area contributed by atoms with Crippen LogP contribution < -0.4 is 5.43 Å². The quantitative estimate of drug-likeness (QED) is 0.500. The Hall–Kier alpha value is -4.13. The van der Waals surface area contributed by atoms with E-state index in [4.69, 9.17) is 5.26 Å². The van der Waals surface area contributed by atoms with Gasteiger partial charge in [-0.05, 0) is 17.7 Å². The van der Waals surface area contributed by atoms with Crippen molar-refractivity contribution >= 4 is 23.5 Å². The zero-order valence-electron chi connectivity index (χ0n) is 12.4. The monoisotopic (exact) mass is 339 g/mol. The van der Waals surface area contributed by atoms with Gasteiger partial charge < -0.3 is 0 Å². The Morgan fingerprint density at radius 3 is 2.12 bits per heavy atom. The Kier molecular flexibility index (Phi) is 5.12. The molecule has 0 fully saturated rings. The van der Waals surface area contributed by atoms with E-state index in [1.165, 1.54) is 6.21 Å². The lowest BCUT2D eigenvalue weighted by Gasteiger charge is -2.01. The van der Waals surface area contributed by atoms with Crippen molar-refractivity contribution in [3.8, 4) is 6.07 Å². The molecule has 0 heterocycles. The number of nitriles is 1. The van der Waals surface area contributed by atoms with Crippen molar-refractivity contribution in [3.05, 3.63) is 79.4 Å². The molecule has 10 heteroatoms. The molecule has 0 aliphatic rings. The van der Waals surface area contributed by atoms with Crippen LogP contribution in [0, 0.1) is 31.6 Å². The average Bonchev–Trinajstić information content (AvgIpc) is 2.61. The van der Waals surface area contributed by atoms with Crippen LogP contribution >= 0.6 is 0 Å². The van der Waals surface area contributed by atoms with Gasteiger partial charge in [-0.2, -0.15) is 10.4 Å². The molecule has 2 aromatic rings. The number of hydrazone groups is 1. The van der Waals surface area contributed by atoms with Crippen LogP contribution in [0.1, 0.15) is 21.5 Å². The number of nitrogens with one attached hydrogen (secondary N) is 1. The first-order valence-electron chi connectivity index (χ1n) is 6.68. The maximum Gasteiger partial charge on any atom is 0.277 e. The van der Waals surface area contributed by atoms with Crippen molar-refractivity contribution in [3.63, 3.8) is 0 Å². The first-order chi connectivity index (χ1) is 11.9. The summed E-state index contributed by atoms with van der Waals surface area (Å²) in [5.74, 6) is -0.836. The molecule has 0 saturated heterocycles. The molecule has 0 saturated carbocycles. The van der Waals surface area contributed by atoms with Crippen molar-refractivity contribution in [2.24, 2.45) is 5.10 Å². The number of carbonyl (C=O) groups excluding carboxylic acids is 1. The third-order valence-corrected chi connectivity index (χ3v) is 3.01. The topological polar surface area (TPSA) is 152 Å². The largest absolute Gasteiger partial charge is 0.277 e. The predicted molar refractivity (Wildman–Crippen MR) is 86.0 cm³/mol. The number of benzene rings is 2. The minimum Gasteiger partial charge on any atom is -0.267 e. The van der Waals surface area contributed by atoms with Crippen molar-refractivity contribution < 1.29 is 14.6 Å². The molecule has 0 bridgehead atoms. The van der Waals surface area contributed by atoms with Gasteiger partial charge in [0.25, 0.3) is 17.3 Å². The molecule has 0 aliphatic heterocycles. The van der Waals surface area contributed by atoms with Gasteiger partial charge in [-0.1, -0.05) is 12.1 Å². The van der Waals surface area contributed by atoms with Crippen molar-refractivity contribution in [1.82, 2.24) is 5.43 Å². The highest BCUT2D eigenvalue weighted by Crippen LogP contribution is 2.22. The number of rotatable bonds is 5. The number of amides is 1. The normalized spacial score (nSPS) is 10.2. The summed E-state index contributed by atoms with van der Waals surface area (Å²) in [7, 11) is 0. The third kappa shape index (κ3) is 4.42. The van der Waals surface area contributed by atoms with Crippen molar-refractivity contribution in [1.29, 1.82) is 5.26 Å². The average molecular weight is 339 g/mol. The maximum atomic E-state index is 12.0. The molecule has 0 spiro atoms. The number of nitrogens with zero attached hydrogens (tertiary/aromatic N) is 4. The number of nitro groups is 2. The second-order valence-corrected chi connectivity index (χ2v) is 4.69. The zero-order chi connectivity index (χ0) is 18.4. The highest BCUT2D eigenvalue weighted by Gasteiger charge is 2.19. The van der Waals surface area contributed by atoms with Gasteiger partial charge in [0.05, 0.1) is 39.3 Å². The number of carbonyl (C=O) groups is 1. The molecule has 0 radical (unpaired) electrons. The molecular weight excluding hydrogens is 330 g/mol. The fourth-order valence-electron chi connectivity index (χ4n) is 1.81. The number of nitro benzene ring substituents is 2. The Morgan fingerprint density at radius 1 is 1.08 bits per heavy atom. The summed E-state index contributed by atoms with van der Waals surface area (Å²) in [5.41, 5.74) is 1.78. The second kappa shape index (κ2) is 7.42. The standard InChI is InChI=1S/C15H9N5O5/c16-8-10-1-3-11(4-2-10)9-17-18-15(21)12-5-13(19(22)23)7-14(6-12)20(24)25/h1-7,9H,(H,18,21). The lowest BCUT2D eigenvalue weighted by Crippen LogP contribution is -2.18. The molecule has 124 valence electrons. The highest BCUT2D eigenvalue weighted by atomic mass is 16.6. The SMILES string of the molecule is N#Cc1ccc(C=NNC(=O)c2cc([N+](=O)[O-])cc([N+](=O)[O-])c2)cc1. The van der Waals surface area contributed by atoms with Gasteiger partial charge in [-0.25, -0.2) is 5.43 Å². The van der Waals surface area contributed by atoms with E-state index in [-0.39, 0.29) is 5.56 Å². The first-order valence-corrected chi connectivity index (χ1v) is 6.68. The van der Waals surface area contributed by atoms with Crippen LogP contribution in [0.4, 0.5) is 11.4 Å². The first kappa shape index (κ1) is 17.2. The third-order valence-electron chi connectivity index (χ3n) is 3.01. The summed E-state index contributed by atoms with van der Waals surface area (Å²) in [5, 5.41) is 34.0. The van der Waals surface area contributed by atoms with E-state index in [1.54, 1.807) is 24.3 Å². The van der Waals surface area contributed by atoms with Crippen LogP contribution in [-0.4, -0.2) is 22.0 Å². The van der Waals surface area contributed by atoms with Crippen LogP contribution in [0.25, 0.3) is 0 Å². The van der Waals surface area contributed by atoms with E-state index in [2.05, 4.69) is 10.5 Å². The molecule has 1 amide bonds. The highest BCUT2D eigenvalue weighted by molar-refractivity contribution is 5.96. The van der Waals surface area contributed by atoms with Crippen LogP contribution in [0.2, 0.25) is 0 Å². The smallest absolute Gasteiger partial charge is 0.267 e. The van der Waals surface area contributed by atoms with E-state index >= 15 is 0 Å². The lowest BCUT2D eigenvalue weighted by molar-refractivity contribution is -0.394. The summed E-state index contributed by atoms with van der Waals surface area (Å²) < 4.78 is 0. The van der Waals surface area contributed by atoms with Gasteiger partial charge in [0, 0.05) is 12.1 Å². The van der Waals surface area contributed by atoms with Gasteiger partial charge in [-0.15, -0.1) is 0 Å². The van der Waals surface area contributed by atoms with E-state index in [0.29, 0.717) is 11.1 Å². The van der Waals surface area contributed by atoms with Gasteiger partial charge in [0.2, 0.25) is 0 Å². The van der Waals surface area contributed by atoms with Crippen molar-refractivity contribution in [2.75, 3.05) is 0 Å². The van der Waals surface area contributed by atoms with Gasteiger partial charge in [-0.3, -0.25) is 25.0 Å². The Balaban J connectivity index is 2.17. The Labute approximate surface area is 140 Å². The van der Waals surface area contributed by atoms with Crippen LogP contribution in [0.15, 0.2) is 47.6 Å². The minimum atomic E-state index is -0.836. The summed E-state index contributed by atoms with van der Waals surface area (Å²) >= 11 is 0. The van der Waals surface area contributed by atoms with Crippen LogP contribution in [0.3, 0.4) is 0 Å². The minimum absolute atomic E-state index is 0.266. The Bertz CT molecular complexity index is 883. The molecule has 0 unspecified atom stereocenters. The molecule has 2 aromatic carbocycles. The van der Waals surface area contributed by atoms with E-state index in [9.17, 15) is 25.0 Å². The van der Waals surface area contributed by atoms with Gasteiger partial charge in [0.1, 0.15) is 0 Å². The molecule has 0 aromatic heterocycles. The summed E-state index contributed by atoms with van der Waals surface area (Å²) in [6, 6.07) is 10.9. The summed E-state index contributed by atoms with van der Waals surface area (Å²) in [6.45, 7) is 0. The second-order valence-electron chi connectivity index (χ2n) is 4.69. The van der Waals surface area contributed by atoms with E-state index < -0.39 is 27.1 Å². The van der Waals surface area contributed by atoms with Crippen molar-refractivity contribution in [2.45, 2.75) is 0 Å². The Morgan fingerprint density at radius 2 is 1.64 bits per heavy atom. The fourth-order valence-corrected chi connectivity index (χ4v) is 1.81. The molecule has 2 rings (SSSR count). The van der Waals surface area contributed by atoms with Gasteiger partial charge >= 0.3 is 0 Å². The van der Waals surface area contributed by atoms with Gasteiger partial charge in [0.15, 0.2) is 0 Å². The zero-order valence-corrected chi connectivity index (χ0v) is 12.4. The molecule has 10 nitrogen and oxygen atoms in total. The number of non-ortho nitro benzene ring substituents is 2. The summed E-state index contributed by atoms with van der Waals surface area (Å²) in [6.07, 6.45) is 1.30. The fraction of sp³-hybridized carbons (Fsp3) is 0. The molecular formula is C15H9N5O5. The molecule has 0 atom stereocenters. The van der Waals surface area contributed by atoms with E-state index in [0.717, 1.165) is 18.2 Å². The number of hydrogen-bond acceptors (Lipinski definition) is 7. The van der Waals surface area contributed by atoms with Crippen LogP contribution in [0.5, 0.6) is 0 Å². The van der Waals surface area contributed by atoms with E-state index in [1.807, 2.05) is 6.07 Å².